The molecule has 0 saturated carbocycles. The molecule has 2 aromatic carbocycles. The van der Waals surface area contributed by atoms with Gasteiger partial charge in [0, 0.05) is 24.8 Å². The molecule has 150 valence electrons. The quantitative estimate of drug-likeness (QED) is 0.744. The van der Waals surface area contributed by atoms with E-state index < -0.39 is 10.0 Å². The Labute approximate surface area is 167 Å². The summed E-state index contributed by atoms with van der Waals surface area (Å²) in [6, 6.07) is 16.2. The van der Waals surface area contributed by atoms with E-state index in [9.17, 15) is 13.2 Å². The third-order valence-electron chi connectivity index (χ3n) is 4.90. The maximum atomic E-state index is 12.5. The SMILES string of the molecule is C[C@H](CCc1ccccc1)NC(=O)Nc1ccc(S(=O)(=O)N2CCCC2)cc1. The van der Waals surface area contributed by atoms with Crippen molar-refractivity contribution in [3.8, 4) is 0 Å². The molecule has 2 aromatic rings. The Balaban J connectivity index is 1.50. The molecule has 1 atom stereocenters. The lowest BCUT2D eigenvalue weighted by atomic mass is 10.1. The van der Waals surface area contributed by atoms with E-state index in [1.54, 1.807) is 24.3 Å². The molecular weight excluding hydrogens is 374 g/mol. The van der Waals surface area contributed by atoms with Crippen molar-refractivity contribution in [1.82, 2.24) is 9.62 Å². The van der Waals surface area contributed by atoms with E-state index >= 15 is 0 Å². The minimum Gasteiger partial charge on any atom is -0.335 e. The first-order valence-electron chi connectivity index (χ1n) is 9.67. The highest BCUT2D eigenvalue weighted by molar-refractivity contribution is 7.89. The first kappa shape index (κ1) is 20.4. The number of hydrogen-bond donors (Lipinski definition) is 2. The van der Waals surface area contributed by atoms with Gasteiger partial charge in [-0.25, -0.2) is 13.2 Å². The van der Waals surface area contributed by atoms with Gasteiger partial charge in [-0.3, -0.25) is 0 Å². The van der Waals surface area contributed by atoms with Crippen LogP contribution in [-0.2, 0) is 16.4 Å². The van der Waals surface area contributed by atoms with Crippen molar-refractivity contribution in [3.63, 3.8) is 0 Å². The number of benzene rings is 2. The largest absolute Gasteiger partial charge is 0.335 e. The van der Waals surface area contributed by atoms with Gasteiger partial charge in [0.15, 0.2) is 0 Å². The van der Waals surface area contributed by atoms with Gasteiger partial charge in [0.1, 0.15) is 0 Å². The van der Waals surface area contributed by atoms with Crippen molar-refractivity contribution in [2.75, 3.05) is 18.4 Å². The zero-order valence-corrected chi connectivity index (χ0v) is 16.9. The predicted octanol–water partition coefficient (Wildman–Crippen LogP) is 3.61. The summed E-state index contributed by atoms with van der Waals surface area (Å²) in [6.07, 6.45) is 3.54. The van der Waals surface area contributed by atoms with Crippen LogP contribution in [0, 0.1) is 0 Å². The smallest absolute Gasteiger partial charge is 0.319 e. The molecule has 0 unspecified atom stereocenters. The van der Waals surface area contributed by atoms with Crippen LogP contribution < -0.4 is 10.6 Å². The molecule has 0 aliphatic carbocycles. The summed E-state index contributed by atoms with van der Waals surface area (Å²) in [6.45, 7) is 3.12. The first-order valence-corrected chi connectivity index (χ1v) is 11.1. The molecule has 0 spiro atoms. The number of anilines is 1. The van der Waals surface area contributed by atoms with E-state index in [2.05, 4.69) is 22.8 Å². The molecule has 2 N–H and O–H groups in total. The van der Waals surface area contributed by atoms with Gasteiger partial charge in [0.2, 0.25) is 10.0 Å². The number of urea groups is 1. The summed E-state index contributed by atoms with van der Waals surface area (Å²) in [5.74, 6) is 0. The van der Waals surface area contributed by atoms with Crippen LogP contribution in [0.2, 0.25) is 0 Å². The third-order valence-corrected chi connectivity index (χ3v) is 6.81. The second-order valence-corrected chi connectivity index (χ2v) is 9.10. The molecule has 1 aliphatic heterocycles. The van der Waals surface area contributed by atoms with Crippen molar-refractivity contribution in [3.05, 3.63) is 60.2 Å². The Hall–Kier alpha value is -2.38. The zero-order chi connectivity index (χ0) is 20.0. The Bertz CT molecular complexity index is 877. The van der Waals surface area contributed by atoms with Crippen LogP contribution in [0.25, 0.3) is 0 Å². The Morgan fingerprint density at radius 2 is 1.68 bits per heavy atom. The van der Waals surface area contributed by atoms with Gasteiger partial charge in [-0.05, 0) is 62.4 Å². The molecule has 6 nitrogen and oxygen atoms in total. The zero-order valence-electron chi connectivity index (χ0n) is 16.1. The number of nitrogens with one attached hydrogen (secondary N) is 2. The topological polar surface area (TPSA) is 78.5 Å². The van der Waals surface area contributed by atoms with Crippen LogP contribution in [0.3, 0.4) is 0 Å². The summed E-state index contributed by atoms with van der Waals surface area (Å²) >= 11 is 0. The molecule has 7 heteroatoms. The molecule has 1 saturated heterocycles. The van der Waals surface area contributed by atoms with Crippen LogP contribution in [-0.4, -0.2) is 37.9 Å². The number of carbonyl (C=O) groups is 1. The fourth-order valence-corrected chi connectivity index (χ4v) is 4.80. The lowest BCUT2D eigenvalue weighted by molar-refractivity contribution is 0.248. The van der Waals surface area contributed by atoms with E-state index in [-0.39, 0.29) is 17.0 Å². The number of rotatable bonds is 7. The first-order chi connectivity index (χ1) is 13.4. The standard InChI is InChI=1S/C21H27N3O3S/c1-17(9-10-18-7-3-2-4-8-18)22-21(25)23-19-11-13-20(14-12-19)28(26,27)24-15-5-6-16-24/h2-4,7-8,11-14,17H,5-6,9-10,15-16H2,1H3,(H2,22,23,25)/t17-/m1/s1. The highest BCUT2D eigenvalue weighted by Crippen LogP contribution is 2.22. The third kappa shape index (κ3) is 5.33. The Kier molecular flexibility index (Phi) is 6.70. The average molecular weight is 402 g/mol. The Morgan fingerprint density at radius 1 is 1.04 bits per heavy atom. The van der Waals surface area contributed by atoms with Gasteiger partial charge < -0.3 is 10.6 Å². The summed E-state index contributed by atoms with van der Waals surface area (Å²) in [4.78, 5) is 12.4. The summed E-state index contributed by atoms with van der Waals surface area (Å²) in [7, 11) is -3.43. The van der Waals surface area contributed by atoms with Crippen LogP contribution in [0.15, 0.2) is 59.5 Å². The van der Waals surface area contributed by atoms with Crippen LogP contribution in [0.4, 0.5) is 10.5 Å². The van der Waals surface area contributed by atoms with Crippen molar-refractivity contribution in [2.24, 2.45) is 0 Å². The second kappa shape index (κ2) is 9.21. The monoisotopic (exact) mass is 401 g/mol. The van der Waals surface area contributed by atoms with Gasteiger partial charge in [0.05, 0.1) is 4.90 Å². The van der Waals surface area contributed by atoms with Crippen molar-refractivity contribution < 1.29 is 13.2 Å². The van der Waals surface area contributed by atoms with Gasteiger partial charge in [-0.2, -0.15) is 4.31 Å². The predicted molar refractivity (Wildman–Crippen MR) is 111 cm³/mol. The molecule has 1 fully saturated rings. The number of sulfonamides is 1. The van der Waals surface area contributed by atoms with Gasteiger partial charge in [0.25, 0.3) is 0 Å². The number of hydrogen-bond acceptors (Lipinski definition) is 3. The van der Waals surface area contributed by atoms with E-state index in [4.69, 9.17) is 0 Å². The highest BCUT2D eigenvalue weighted by atomic mass is 32.2. The molecule has 0 bridgehead atoms. The lowest BCUT2D eigenvalue weighted by Gasteiger charge is -2.16. The van der Waals surface area contributed by atoms with Gasteiger partial charge >= 0.3 is 6.03 Å². The number of carbonyl (C=O) groups excluding carboxylic acids is 1. The molecular formula is C21H27N3O3S. The normalized spacial score (nSPS) is 15.9. The van der Waals surface area contributed by atoms with Crippen LogP contribution >= 0.6 is 0 Å². The summed E-state index contributed by atoms with van der Waals surface area (Å²) in [5, 5.41) is 5.67. The minimum atomic E-state index is -3.43. The molecule has 0 aromatic heterocycles. The van der Waals surface area contributed by atoms with Crippen molar-refractivity contribution >= 4 is 21.7 Å². The maximum Gasteiger partial charge on any atom is 0.319 e. The summed E-state index contributed by atoms with van der Waals surface area (Å²) in [5.41, 5.74) is 1.81. The minimum absolute atomic E-state index is 0.0232. The summed E-state index contributed by atoms with van der Waals surface area (Å²) < 4.78 is 26.6. The van der Waals surface area contributed by atoms with E-state index in [1.165, 1.54) is 9.87 Å². The van der Waals surface area contributed by atoms with Crippen molar-refractivity contribution in [1.29, 1.82) is 0 Å². The molecule has 2 amide bonds. The van der Waals surface area contributed by atoms with E-state index in [0.717, 1.165) is 25.7 Å². The molecule has 0 radical (unpaired) electrons. The van der Waals surface area contributed by atoms with Crippen molar-refractivity contribution in [2.45, 2.75) is 43.5 Å². The number of amides is 2. The molecule has 1 heterocycles. The number of aryl methyl sites for hydroxylation is 1. The fourth-order valence-electron chi connectivity index (χ4n) is 3.28. The second-order valence-electron chi connectivity index (χ2n) is 7.16. The maximum absolute atomic E-state index is 12.5. The highest BCUT2D eigenvalue weighted by Gasteiger charge is 2.26. The van der Waals surface area contributed by atoms with Gasteiger partial charge in [-0.15, -0.1) is 0 Å². The fraction of sp³-hybridized carbons (Fsp3) is 0.381. The van der Waals surface area contributed by atoms with Gasteiger partial charge in [-0.1, -0.05) is 30.3 Å². The van der Waals surface area contributed by atoms with E-state index in [0.29, 0.717) is 18.8 Å². The number of nitrogens with zero attached hydrogens (tertiary/aromatic N) is 1. The van der Waals surface area contributed by atoms with Crippen LogP contribution in [0.5, 0.6) is 0 Å². The molecule has 3 rings (SSSR count). The molecule has 1 aliphatic rings. The van der Waals surface area contributed by atoms with Crippen LogP contribution in [0.1, 0.15) is 31.7 Å². The Morgan fingerprint density at radius 3 is 2.32 bits per heavy atom. The molecule has 28 heavy (non-hydrogen) atoms. The lowest BCUT2D eigenvalue weighted by Crippen LogP contribution is -2.36. The average Bonchev–Trinajstić information content (AvgIpc) is 3.23. The van der Waals surface area contributed by atoms with E-state index in [1.807, 2.05) is 25.1 Å².